The van der Waals surface area contributed by atoms with E-state index in [-0.39, 0.29) is 11.7 Å². The first-order chi connectivity index (χ1) is 6.15. The standard InChI is InChI=1S/C8H11N3O2/c9-3-6(10)5-1-2-7(8(12)13)11-4-5/h1-2,4,6H,3,9-10H2,(H,12,13). The van der Waals surface area contributed by atoms with Crippen molar-refractivity contribution in [2.45, 2.75) is 6.04 Å². The Balaban J connectivity index is 2.87. The largest absolute Gasteiger partial charge is 0.477 e. The minimum Gasteiger partial charge on any atom is -0.477 e. The van der Waals surface area contributed by atoms with Crippen LogP contribution in [0, 0.1) is 0 Å². The van der Waals surface area contributed by atoms with Gasteiger partial charge in [0.1, 0.15) is 5.69 Å². The summed E-state index contributed by atoms with van der Waals surface area (Å²) >= 11 is 0. The first kappa shape index (κ1) is 9.63. The summed E-state index contributed by atoms with van der Waals surface area (Å²) in [6, 6.07) is 2.75. The van der Waals surface area contributed by atoms with E-state index in [1.54, 1.807) is 6.07 Å². The number of aromatic carboxylic acids is 1. The van der Waals surface area contributed by atoms with Crippen LogP contribution in [0.15, 0.2) is 18.3 Å². The Bertz CT molecular complexity index is 297. The van der Waals surface area contributed by atoms with Crippen LogP contribution in [0.2, 0.25) is 0 Å². The number of hydrogen-bond donors (Lipinski definition) is 3. The Morgan fingerprint density at radius 1 is 1.62 bits per heavy atom. The second-order valence-electron chi connectivity index (χ2n) is 2.62. The Morgan fingerprint density at radius 3 is 2.69 bits per heavy atom. The molecule has 0 saturated heterocycles. The molecular formula is C8H11N3O2. The van der Waals surface area contributed by atoms with Crippen LogP contribution in [0.1, 0.15) is 22.1 Å². The van der Waals surface area contributed by atoms with Gasteiger partial charge < -0.3 is 16.6 Å². The molecule has 70 valence electrons. The maximum atomic E-state index is 10.4. The Morgan fingerprint density at radius 2 is 2.31 bits per heavy atom. The predicted octanol–water partition coefficient (Wildman–Crippen LogP) is -0.262. The van der Waals surface area contributed by atoms with Gasteiger partial charge >= 0.3 is 5.97 Å². The van der Waals surface area contributed by atoms with Crippen molar-refractivity contribution in [3.8, 4) is 0 Å². The van der Waals surface area contributed by atoms with Gasteiger partial charge in [-0.2, -0.15) is 0 Å². The number of nitrogens with two attached hydrogens (primary N) is 2. The van der Waals surface area contributed by atoms with E-state index in [0.29, 0.717) is 6.54 Å². The molecule has 1 unspecified atom stereocenters. The fourth-order valence-corrected chi connectivity index (χ4v) is 0.887. The number of hydrogen-bond acceptors (Lipinski definition) is 4. The van der Waals surface area contributed by atoms with Crippen molar-refractivity contribution in [3.63, 3.8) is 0 Å². The summed E-state index contributed by atoms with van der Waals surface area (Å²) in [6.07, 6.45) is 1.43. The number of pyridine rings is 1. The predicted molar refractivity (Wildman–Crippen MR) is 47.2 cm³/mol. The average molecular weight is 181 g/mol. The van der Waals surface area contributed by atoms with E-state index in [4.69, 9.17) is 16.6 Å². The van der Waals surface area contributed by atoms with Gasteiger partial charge in [-0.25, -0.2) is 9.78 Å². The lowest BCUT2D eigenvalue weighted by Gasteiger charge is -2.07. The van der Waals surface area contributed by atoms with Crippen molar-refractivity contribution in [1.82, 2.24) is 4.98 Å². The highest BCUT2D eigenvalue weighted by molar-refractivity contribution is 5.85. The smallest absolute Gasteiger partial charge is 0.354 e. The van der Waals surface area contributed by atoms with Crippen molar-refractivity contribution in [1.29, 1.82) is 0 Å². The highest BCUT2D eigenvalue weighted by Gasteiger charge is 2.06. The van der Waals surface area contributed by atoms with E-state index in [2.05, 4.69) is 4.98 Å². The normalized spacial score (nSPS) is 12.5. The van der Waals surface area contributed by atoms with E-state index in [0.717, 1.165) is 5.56 Å². The van der Waals surface area contributed by atoms with E-state index in [1.165, 1.54) is 12.3 Å². The molecule has 0 bridgehead atoms. The summed E-state index contributed by atoms with van der Waals surface area (Å²) < 4.78 is 0. The highest BCUT2D eigenvalue weighted by atomic mass is 16.4. The molecule has 0 aromatic carbocycles. The lowest BCUT2D eigenvalue weighted by atomic mass is 10.1. The lowest BCUT2D eigenvalue weighted by molar-refractivity contribution is 0.0690. The summed E-state index contributed by atoms with van der Waals surface area (Å²) in [7, 11) is 0. The third-order valence-corrected chi connectivity index (χ3v) is 1.69. The van der Waals surface area contributed by atoms with Crippen molar-refractivity contribution >= 4 is 5.97 Å². The van der Waals surface area contributed by atoms with Crippen LogP contribution in [-0.2, 0) is 0 Å². The van der Waals surface area contributed by atoms with Crippen LogP contribution in [0.25, 0.3) is 0 Å². The SMILES string of the molecule is NCC(N)c1ccc(C(=O)O)nc1. The monoisotopic (exact) mass is 181 g/mol. The van der Waals surface area contributed by atoms with Crippen molar-refractivity contribution in [2.75, 3.05) is 6.54 Å². The number of carbonyl (C=O) groups is 1. The van der Waals surface area contributed by atoms with Gasteiger partial charge in [0.15, 0.2) is 0 Å². The maximum absolute atomic E-state index is 10.4. The molecule has 5 nitrogen and oxygen atoms in total. The lowest BCUT2D eigenvalue weighted by Crippen LogP contribution is -2.21. The van der Waals surface area contributed by atoms with E-state index < -0.39 is 5.97 Å². The fourth-order valence-electron chi connectivity index (χ4n) is 0.887. The molecule has 1 heterocycles. The molecule has 0 aliphatic heterocycles. The summed E-state index contributed by atoms with van der Waals surface area (Å²) in [5.74, 6) is -1.05. The fraction of sp³-hybridized carbons (Fsp3) is 0.250. The molecule has 0 amide bonds. The zero-order chi connectivity index (χ0) is 9.84. The topological polar surface area (TPSA) is 102 Å². The molecule has 0 spiro atoms. The van der Waals surface area contributed by atoms with Gasteiger partial charge in [-0.1, -0.05) is 6.07 Å². The van der Waals surface area contributed by atoms with Gasteiger partial charge in [-0.15, -0.1) is 0 Å². The minimum absolute atomic E-state index is 0.00738. The van der Waals surface area contributed by atoms with Crippen LogP contribution < -0.4 is 11.5 Å². The zero-order valence-corrected chi connectivity index (χ0v) is 6.97. The molecule has 0 saturated carbocycles. The van der Waals surface area contributed by atoms with Crippen LogP contribution in [0.4, 0.5) is 0 Å². The van der Waals surface area contributed by atoms with Crippen LogP contribution in [-0.4, -0.2) is 22.6 Å². The Labute approximate surface area is 75.4 Å². The molecule has 0 aliphatic rings. The second-order valence-corrected chi connectivity index (χ2v) is 2.62. The van der Waals surface area contributed by atoms with E-state index in [9.17, 15) is 4.79 Å². The molecule has 5 heteroatoms. The molecular weight excluding hydrogens is 170 g/mol. The van der Waals surface area contributed by atoms with Gasteiger partial charge in [0, 0.05) is 18.8 Å². The van der Waals surface area contributed by atoms with Gasteiger partial charge in [0.2, 0.25) is 0 Å². The molecule has 0 aliphatic carbocycles. The second kappa shape index (κ2) is 3.97. The number of nitrogens with zero attached hydrogens (tertiary/aromatic N) is 1. The van der Waals surface area contributed by atoms with E-state index >= 15 is 0 Å². The quantitative estimate of drug-likeness (QED) is 0.596. The summed E-state index contributed by atoms with van der Waals surface area (Å²) in [6.45, 7) is 0.314. The number of rotatable bonds is 3. The molecule has 1 aromatic rings. The molecule has 1 aromatic heterocycles. The molecule has 13 heavy (non-hydrogen) atoms. The molecule has 0 radical (unpaired) electrons. The van der Waals surface area contributed by atoms with Gasteiger partial charge in [0.25, 0.3) is 0 Å². The zero-order valence-electron chi connectivity index (χ0n) is 6.97. The van der Waals surface area contributed by atoms with Crippen molar-refractivity contribution < 1.29 is 9.90 Å². The third-order valence-electron chi connectivity index (χ3n) is 1.69. The van der Waals surface area contributed by atoms with Crippen LogP contribution in [0.3, 0.4) is 0 Å². The average Bonchev–Trinajstić information content (AvgIpc) is 2.17. The highest BCUT2D eigenvalue weighted by Crippen LogP contribution is 2.07. The van der Waals surface area contributed by atoms with Gasteiger partial charge in [-0.3, -0.25) is 0 Å². The first-order valence-electron chi connectivity index (χ1n) is 3.80. The number of carboxylic acids is 1. The van der Waals surface area contributed by atoms with Crippen LogP contribution >= 0.6 is 0 Å². The summed E-state index contributed by atoms with van der Waals surface area (Å²) in [5.41, 5.74) is 11.7. The number of aromatic nitrogens is 1. The van der Waals surface area contributed by atoms with Crippen LogP contribution in [0.5, 0.6) is 0 Å². The molecule has 0 fully saturated rings. The first-order valence-corrected chi connectivity index (χ1v) is 3.80. The van der Waals surface area contributed by atoms with Crippen molar-refractivity contribution in [2.24, 2.45) is 11.5 Å². The summed E-state index contributed by atoms with van der Waals surface area (Å²) in [5, 5.41) is 8.55. The Kier molecular flexibility index (Phi) is 2.94. The molecule has 1 rings (SSSR count). The summed E-state index contributed by atoms with van der Waals surface area (Å²) in [4.78, 5) is 14.1. The molecule has 5 N–H and O–H groups in total. The van der Waals surface area contributed by atoms with Gasteiger partial charge in [-0.05, 0) is 11.6 Å². The van der Waals surface area contributed by atoms with Gasteiger partial charge in [0.05, 0.1) is 0 Å². The van der Waals surface area contributed by atoms with E-state index in [1.807, 2.05) is 0 Å². The number of carboxylic acid groups (broad SMARTS) is 1. The minimum atomic E-state index is -1.05. The van der Waals surface area contributed by atoms with Crippen molar-refractivity contribution in [3.05, 3.63) is 29.6 Å². The Hall–Kier alpha value is -1.46. The molecule has 1 atom stereocenters. The maximum Gasteiger partial charge on any atom is 0.354 e. The third kappa shape index (κ3) is 2.24.